The van der Waals surface area contributed by atoms with Gasteiger partial charge in [0.1, 0.15) is 6.04 Å². The number of sulfone groups is 1. The van der Waals surface area contributed by atoms with Crippen molar-refractivity contribution in [2.24, 2.45) is 0 Å². The van der Waals surface area contributed by atoms with Crippen LogP contribution in [0.4, 0.5) is 0 Å². The summed E-state index contributed by atoms with van der Waals surface area (Å²) in [7, 11) is -3.72. The number of carboxylic acid groups (broad SMARTS) is 1. The maximum atomic E-state index is 12.5. The van der Waals surface area contributed by atoms with Crippen LogP contribution in [-0.4, -0.2) is 50.4 Å². The Hall–Kier alpha value is -2.29. The highest BCUT2D eigenvalue weighted by Gasteiger charge is 2.23. The van der Waals surface area contributed by atoms with Gasteiger partial charge in [-0.3, -0.25) is 4.79 Å². The monoisotopic (exact) mass is 399 g/mol. The van der Waals surface area contributed by atoms with Gasteiger partial charge in [0.05, 0.1) is 23.9 Å². The minimum absolute atomic E-state index is 0.0420. The van der Waals surface area contributed by atoms with Crippen molar-refractivity contribution in [2.75, 3.05) is 19.0 Å². The van der Waals surface area contributed by atoms with Crippen molar-refractivity contribution in [3.8, 4) is 11.5 Å². The standard InChI is InChI=1S/C18H25NO7S/c1-2-3-5-14(18(21)22)19-17(20)8-11-27(23,24)13-6-7-15-16(12-13)26-10-4-9-25-15/h6-7,12,14H,2-5,8-11H2,1H3,(H,19,20)(H,21,22). The highest BCUT2D eigenvalue weighted by molar-refractivity contribution is 7.91. The predicted molar refractivity (Wildman–Crippen MR) is 97.8 cm³/mol. The molecule has 1 amide bonds. The summed E-state index contributed by atoms with van der Waals surface area (Å²) in [5, 5.41) is 11.5. The molecule has 150 valence electrons. The molecule has 9 heteroatoms. The normalized spacial score (nSPS) is 14.9. The lowest BCUT2D eigenvalue weighted by atomic mass is 10.1. The third kappa shape index (κ3) is 6.13. The number of amides is 1. The average molecular weight is 399 g/mol. The van der Waals surface area contributed by atoms with Crippen molar-refractivity contribution in [1.82, 2.24) is 5.32 Å². The van der Waals surface area contributed by atoms with Crippen molar-refractivity contribution in [2.45, 2.75) is 50.0 Å². The molecule has 27 heavy (non-hydrogen) atoms. The Morgan fingerprint density at radius 2 is 1.93 bits per heavy atom. The molecule has 1 aliphatic heterocycles. The zero-order chi connectivity index (χ0) is 19.9. The molecule has 1 aromatic rings. The van der Waals surface area contributed by atoms with Crippen molar-refractivity contribution in [3.05, 3.63) is 18.2 Å². The quantitative estimate of drug-likeness (QED) is 0.649. The SMILES string of the molecule is CCCCC(NC(=O)CCS(=O)(=O)c1ccc2c(c1)OCCCO2)C(=O)O. The molecule has 1 aliphatic rings. The summed E-state index contributed by atoms with van der Waals surface area (Å²) in [4.78, 5) is 23.2. The van der Waals surface area contributed by atoms with Gasteiger partial charge in [0, 0.05) is 18.9 Å². The number of benzene rings is 1. The first kappa shape index (κ1) is 21.0. The van der Waals surface area contributed by atoms with Gasteiger partial charge in [0.25, 0.3) is 0 Å². The zero-order valence-electron chi connectivity index (χ0n) is 15.3. The number of aliphatic carboxylic acids is 1. The van der Waals surface area contributed by atoms with Crippen LogP contribution in [0.5, 0.6) is 11.5 Å². The molecule has 0 radical (unpaired) electrons. The number of fused-ring (bicyclic) bond motifs is 1. The molecule has 1 heterocycles. The van der Waals surface area contributed by atoms with E-state index in [0.29, 0.717) is 44.0 Å². The van der Waals surface area contributed by atoms with E-state index in [1.54, 1.807) is 6.07 Å². The van der Waals surface area contributed by atoms with E-state index in [1.807, 2.05) is 6.92 Å². The molecule has 0 aromatic heterocycles. The second-order valence-corrected chi connectivity index (χ2v) is 8.44. The average Bonchev–Trinajstić information content (AvgIpc) is 2.88. The van der Waals surface area contributed by atoms with E-state index < -0.39 is 33.5 Å². The molecule has 0 bridgehead atoms. The Morgan fingerprint density at radius 1 is 1.22 bits per heavy atom. The summed E-state index contributed by atoms with van der Waals surface area (Å²) in [6.07, 6.45) is 2.17. The van der Waals surface area contributed by atoms with E-state index in [2.05, 4.69) is 5.32 Å². The fraction of sp³-hybridized carbons (Fsp3) is 0.556. The van der Waals surface area contributed by atoms with Gasteiger partial charge in [-0.2, -0.15) is 0 Å². The highest BCUT2D eigenvalue weighted by atomic mass is 32.2. The van der Waals surface area contributed by atoms with Crippen molar-refractivity contribution < 1.29 is 32.6 Å². The molecular formula is C18H25NO7S. The largest absolute Gasteiger partial charge is 0.490 e. The van der Waals surface area contributed by atoms with Gasteiger partial charge in [-0.1, -0.05) is 19.8 Å². The third-order valence-corrected chi connectivity index (χ3v) is 5.87. The summed E-state index contributed by atoms with van der Waals surface area (Å²) in [6, 6.07) is 3.36. The van der Waals surface area contributed by atoms with Gasteiger partial charge in [0.2, 0.25) is 5.91 Å². The molecule has 1 aromatic carbocycles. The van der Waals surface area contributed by atoms with Crippen molar-refractivity contribution in [3.63, 3.8) is 0 Å². The number of hydrogen-bond donors (Lipinski definition) is 2. The summed E-state index contributed by atoms with van der Waals surface area (Å²) in [6.45, 7) is 2.86. The Morgan fingerprint density at radius 3 is 2.59 bits per heavy atom. The van der Waals surface area contributed by atoms with Gasteiger partial charge in [0.15, 0.2) is 21.3 Å². The summed E-state index contributed by atoms with van der Waals surface area (Å²) >= 11 is 0. The van der Waals surface area contributed by atoms with E-state index in [-0.39, 0.29) is 11.3 Å². The van der Waals surface area contributed by atoms with Gasteiger partial charge in [-0.25, -0.2) is 13.2 Å². The predicted octanol–water partition coefficient (Wildman–Crippen LogP) is 1.77. The lowest BCUT2D eigenvalue weighted by Gasteiger charge is -2.14. The lowest BCUT2D eigenvalue weighted by molar-refractivity contribution is -0.142. The third-order valence-electron chi connectivity index (χ3n) is 4.16. The second kappa shape index (κ2) is 9.59. The van der Waals surface area contributed by atoms with Crippen LogP contribution in [0.3, 0.4) is 0 Å². The minimum atomic E-state index is -3.72. The summed E-state index contributed by atoms with van der Waals surface area (Å²) in [5.41, 5.74) is 0. The van der Waals surface area contributed by atoms with Crippen LogP contribution in [0.15, 0.2) is 23.1 Å². The maximum absolute atomic E-state index is 12.5. The molecule has 0 spiro atoms. The van der Waals surface area contributed by atoms with Gasteiger partial charge >= 0.3 is 5.97 Å². The van der Waals surface area contributed by atoms with Crippen molar-refractivity contribution in [1.29, 1.82) is 0 Å². The molecule has 8 nitrogen and oxygen atoms in total. The van der Waals surface area contributed by atoms with Crippen LogP contribution < -0.4 is 14.8 Å². The Labute approximate surface area is 158 Å². The topological polar surface area (TPSA) is 119 Å². The van der Waals surface area contributed by atoms with E-state index in [9.17, 15) is 18.0 Å². The summed E-state index contributed by atoms with van der Waals surface area (Å²) in [5.74, 6) is -1.29. The van der Waals surface area contributed by atoms with E-state index in [1.165, 1.54) is 12.1 Å². The number of carboxylic acids is 1. The van der Waals surface area contributed by atoms with E-state index in [0.717, 1.165) is 6.42 Å². The first-order chi connectivity index (χ1) is 12.8. The van der Waals surface area contributed by atoms with Gasteiger partial charge < -0.3 is 19.9 Å². The molecule has 2 rings (SSSR count). The fourth-order valence-electron chi connectivity index (χ4n) is 2.61. The van der Waals surface area contributed by atoms with Crippen LogP contribution in [0.2, 0.25) is 0 Å². The molecule has 2 N–H and O–H groups in total. The molecule has 0 saturated carbocycles. The van der Waals surface area contributed by atoms with E-state index >= 15 is 0 Å². The molecule has 1 unspecified atom stereocenters. The van der Waals surface area contributed by atoms with Gasteiger partial charge in [-0.15, -0.1) is 0 Å². The number of nitrogens with one attached hydrogen (secondary N) is 1. The molecular weight excluding hydrogens is 374 g/mol. The van der Waals surface area contributed by atoms with Crippen LogP contribution >= 0.6 is 0 Å². The lowest BCUT2D eigenvalue weighted by Crippen LogP contribution is -2.41. The Bertz CT molecular complexity index is 776. The molecule has 0 aliphatic carbocycles. The molecule has 1 atom stereocenters. The van der Waals surface area contributed by atoms with Crippen LogP contribution in [-0.2, 0) is 19.4 Å². The molecule has 0 saturated heterocycles. The summed E-state index contributed by atoms with van der Waals surface area (Å²) < 4.78 is 36.0. The van der Waals surface area contributed by atoms with Crippen LogP contribution in [0.1, 0.15) is 39.0 Å². The minimum Gasteiger partial charge on any atom is -0.490 e. The number of carbonyl (C=O) groups excluding carboxylic acids is 1. The Balaban J connectivity index is 1.98. The number of rotatable bonds is 9. The zero-order valence-corrected chi connectivity index (χ0v) is 16.1. The second-order valence-electron chi connectivity index (χ2n) is 6.33. The van der Waals surface area contributed by atoms with Crippen LogP contribution in [0, 0.1) is 0 Å². The number of ether oxygens (including phenoxy) is 2. The smallest absolute Gasteiger partial charge is 0.326 e. The van der Waals surface area contributed by atoms with Crippen molar-refractivity contribution >= 4 is 21.7 Å². The highest BCUT2D eigenvalue weighted by Crippen LogP contribution is 2.32. The van der Waals surface area contributed by atoms with E-state index in [4.69, 9.17) is 14.6 Å². The first-order valence-corrected chi connectivity index (χ1v) is 10.6. The first-order valence-electron chi connectivity index (χ1n) is 8.98. The van der Waals surface area contributed by atoms with Gasteiger partial charge in [-0.05, 0) is 18.6 Å². The number of carbonyl (C=O) groups is 2. The number of hydrogen-bond acceptors (Lipinski definition) is 6. The fourth-order valence-corrected chi connectivity index (χ4v) is 3.87. The molecule has 0 fully saturated rings. The maximum Gasteiger partial charge on any atom is 0.326 e. The number of unbranched alkanes of at least 4 members (excludes halogenated alkanes) is 1. The Kier molecular flexibility index (Phi) is 7.46. The van der Waals surface area contributed by atoms with Crippen LogP contribution in [0.25, 0.3) is 0 Å².